The molecule has 6 rings (SSSR count). The maximum absolute atomic E-state index is 15.0. The Balaban J connectivity index is 1.12. The Bertz CT molecular complexity index is 3350. The number of hydrogen-bond acceptors (Lipinski definition) is 15. The molecule has 3 aliphatic rings. The van der Waals surface area contributed by atoms with Crippen molar-refractivity contribution in [2.24, 2.45) is 11.5 Å². The monoisotopic (exact) mass is 1360 g/mol. The van der Waals surface area contributed by atoms with Gasteiger partial charge in [0.2, 0.25) is 65.0 Å². The third kappa shape index (κ3) is 23.3. The SMILES string of the molecule is CC(=O)N[C@@H](CCCCNC(=O)CCCC[C@@H]1SC[C@@H]2NC(=O)N[C@@H]21)C(=O)N[C@@H](C)C(=O)N[C@@H](C)C(=O)N[C@@H](Cc1ccccc1C(C)(C)C)C(=O)N[C@H](C(=O)N1CCC[C@H]1C(=O)N[C@@H](Cc1ccc2ccccc2c1)C(=O)N[C@@H](CCC(N)=O)C(N)=O)C(C)OP(=O)(O)O. The highest BCUT2D eigenvalue weighted by Gasteiger charge is 2.45. The highest BCUT2D eigenvalue weighted by Crippen LogP contribution is 2.39. The molecule has 12 atom stereocenters. The van der Waals surface area contributed by atoms with Gasteiger partial charge in [0, 0.05) is 56.7 Å². The summed E-state index contributed by atoms with van der Waals surface area (Å²) in [6.07, 6.45) is 1.25. The Kier molecular flexibility index (Phi) is 27.9. The van der Waals surface area contributed by atoms with E-state index in [1.165, 1.54) is 20.8 Å². The summed E-state index contributed by atoms with van der Waals surface area (Å²) in [6, 6.07) is 8.44. The number of amides is 13. The predicted octanol–water partition coefficient (Wildman–Crippen LogP) is 0.628. The number of nitrogens with zero attached hydrogens (tertiary/aromatic N) is 1. The molecule has 3 aliphatic heterocycles. The number of primary amides is 2. The van der Waals surface area contributed by atoms with Crippen molar-refractivity contribution in [3.8, 4) is 0 Å². The molecule has 0 aliphatic carbocycles. The van der Waals surface area contributed by atoms with Gasteiger partial charge in [-0.3, -0.25) is 57.3 Å². The number of phosphoric acid groups is 1. The molecule has 3 aromatic carbocycles. The minimum absolute atomic E-state index is 0.0112. The van der Waals surface area contributed by atoms with E-state index in [-0.39, 0.29) is 75.5 Å². The van der Waals surface area contributed by atoms with E-state index in [2.05, 4.69) is 53.2 Å². The number of urea groups is 1. The summed E-state index contributed by atoms with van der Waals surface area (Å²) in [6.45, 7) is 11.0. The Labute approximate surface area is 556 Å². The second-order valence-electron chi connectivity index (χ2n) is 25.5. The number of likely N-dealkylation sites (tertiary alicyclic amines) is 1. The van der Waals surface area contributed by atoms with Crippen LogP contribution in [-0.2, 0) is 80.1 Å². The van der Waals surface area contributed by atoms with Crippen LogP contribution in [0.3, 0.4) is 0 Å². The first-order valence-corrected chi connectivity index (χ1v) is 34.6. The zero-order valence-corrected chi connectivity index (χ0v) is 56.4. The maximum atomic E-state index is 15.0. The first-order valence-electron chi connectivity index (χ1n) is 32.0. The Morgan fingerprint density at radius 1 is 0.705 bits per heavy atom. The summed E-state index contributed by atoms with van der Waals surface area (Å²) in [5.74, 6) is -7.76. The van der Waals surface area contributed by atoms with Crippen LogP contribution in [0.2, 0.25) is 0 Å². The number of nitrogens with one attached hydrogen (secondary N) is 10. The molecule has 520 valence electrons. The first kappa shape index (κ1) is 75.8. The molecule has 13 amide bonds. The molecule has 3 heterocycles. The minimum Gasteiger partial charge on any atom is -0.370 e. The van der Waals surface area contributed by atoms with Crippen LogP contribution in [0.5, 0.6) is 0 Å². The van der Waals surface area contributed by atoms with Crippen molar-refractivity contribution in [1.82, 2.24) is 58.1 Å². The van der Waals surface area contributed by atoms with Gasteiger partial charge in [-0.15, -0.1) is 0 Å². The number of carbonyl (C=O) groups is 12. The lowest BCUT2D eigenvalue weighted by Crippen LogP contribution is -2.62. The number of fused-ring (bicyclic) bond motifs is 2. The molecule has 0 radical (unpaired) electrons. The molecule has 3 saturated heterocycles. The topological polar surface area (TPSA) is 447 Å². The molecular weight excluding hydrogens is 1270 g/mol. The van der Waals surface area contributed by atoms with Gasteiger partial charge in [0.05, 0.1) is 18.2 Å². The van der Waals surface area contributed by atoms with Gasteiger partial charge in [0.25, 0.3) is 0 Å². The molecule has 0 aromatic heterocycles. The molecule has 3 fully saturated rings. The maximum Gasteiger partial charge on any atom is 0.469 e. The van der Waals surface area contributed by atoms with Crippen LogP contribution in [0.15, 0.2) is 66.7 Å². The van der Waals surface area contributed by atoms with Gasteiger partial charge in [-0.25, -0.2) is 9.36 Å². The van der Waals surface area contributed by atoms with Gasteiger partial charge in [0.15, 0.2) is 0 Å². The van der Waals surface area contributed by atoms with E-state index in [4.69, 9.17) is 16.0 Å². The van der Waals surface area contributed by atoms with E-state index in [9.17, 15) is 71.9 Å². The average molecular weight is 1360 g/mol. The van der Waals surface area contributed by atoms with Crippen LogP contribution in [-0.4, -0.2) is 176 Å². The fourth-order valence-corrected chi connectivity index (χ4v) is 13.9. The number of rotatable bonds is 35. The predicted molar refractivity (Wildman–Crippen MR) is 353 cm³/mol. The third-order valence-electron chi connectivity index (χ3n) is 16.8. The van der Waals surface area contributed by atoms with Crippen molar-refractivity contribution >= 4 is 101 Å². The third-order valence-corrected chi connectivity index (χ3v) is 18.9. The molecule has 0 saturated carbocycles. The second kappa shape index (κ2) is 35.0. The highest BCUT2D eigenvalue weighted by molar-refractivity contribution is 8.00. The fraction of sp³-hybridized carbons (Fsp3) is 0.562. The summed E-state index contributed by atoms with van der Waals surface area (Å²) >= 11 is 1.81. The molecule has 1 unspecified atom stereocenters. The number of hydrogen-bond donors (Lipinski definition) is 14. The standard InChI is InChI=1S/C64H92N13O16PS/c1-35(69-58(84)45(70-38(4)78)21-14-15-29-67-52(80)24-13-12-23-50-54-48(34-95-50)74-63(89)76-54)56(82)68-36(2)57(83)72-47(33-42-19-10-11-20-43(42)64(5,6)7)60(86)75-53(37(3)93-94(90,91)92)62(88)77-30-16-22-49(77)61(87)73-46(59(85)71-44(55(66)81)27-28-51(65)79)32-39-25-26-40-17-8-9-18-41(40)31-39/h8-11,17-20,25-26,31,35-37,44-50,53-54H,12-16,21-24,27-30,32-34H2,1-7H3,(H2,65,79)(H2,66,81)(H,67,80)(H,68,82)(H,69,84)(H,70,78)(H,71,85)(H,72,83)(H,73,87)(H,75,86)(H2,74,76,89)(H2,90,91,92)/t35-,36-,37?,44-,45-,46-,47-,48-,49-,50-,53-,54-/m0/s1. The fourth-order valence-electron chi connectivity index (χ4n) is 11.8. The van der Waals surface area contributed by atoms with Crippen molar-refractivity contribution in [1.29, 1.82) is 0 Å². The molecule has 31 heteroatoms. The number of thioether (sulfide) groups is 1. The van der Waals surface area contributed by atoms with E-state index in [1.807, 2.05) is 68.9 Å². The van der Waals surface area contributed by atoms with Crippen LogP contribution in [0.1, 0.15) is 136 Å². The van der Waals surface area contributed by atoms with E-state index < -0.39 is 127 Å². The molecule has 29 nitrogen and oxygen atoms in total. The van der Waals surface area contributed by atoms with Gasteiger partial charge in [0.1, 0.15) is 48.3 Å². The number of nitrogens with two attached hydrogens (primary N) is 2. The Morgan fingerprint density at radius 2 is 1.34 bits per heavy atom. The number of unbranched alkanes of at least 4 members (excludes halogenated alkanes) is 2. The molecule has 16 N–H and O–H groups in total. The van der Waals surface area contributed by atoms with Crippen molar-refractivity contribution in [3.05, 3.63) is 83.4 Å². The lowest BCUT2D eigenvalue weighted by molar-refractivity contribution is -0.144. The Morgan fingerprint density at radius 3 is 2.01 bits per heavy atom. The number of carbonyl (C=O) groups excluding carboxylic acids is 12. The molecule has 3 aromatic rings. The molecular formula is C64H92N13O16PS. The zero-order valence-electron chi connectivity index (χ0n) is 54.7. The zero-order chi connectivity index (χ0) is 69.9. The van der Waals surface area contributed by atoms with Gasteiger partial charge >= 0.3 is 13.9 Å². The number of phosphoric ester groups is 1. The summed E-state index contributed by atoms with van der Waals surface area (Å²) in [7, 11) is -5.42. The summed E-state index contributed by atoms with van der Waals surface area (Å²) in [5.41, 5.74) is 12.3. The summed E-state index contributed by atoms with van der Waals surface area (Å²) in [4.78, 5) is 182. The molecule has 0 spiro atoms. The van der Waals surface area contributed by atoms with Crippen molar-refractivity contribution in [3.63, 3.8) is 0 Å². The van der Waals surface area contributed by atoms with Gasteiger partial charge in [-0.05, 0) is 105 Å². The summed E-state index contributed by atoms with van der Waals surface area (Å²) in [5, 5.41) is 28.8. The quantitative estimate of drug-likeness (QED) is 0.0218. The largest absolute Gasteiger partial charge is 0.469 e. The van der Waals surface area contributed by atoms with Gasteiger partial charge in [-0.2, -0.15) is 11.8 Å². The van der Waals surface area contributed by atoms with Crippen LogP contribution >= 0.6 is 19.6 Å². The minimum atomic E-state index is -5.42. The normalized spacial score (nSPS) is 19.3. The van der Waals surface area contributed by atoms with E-state index in [1.54, 1.807) is 30.3 Å². The van der Waals surface area contributed by atoms with Gasteiger partial charge in [-0.1, -0.05) is 93.9 Å². The van der Waals surface area contributed by atoms with Crippen LogP contribution in [0.25, 0.3) is 10.8 Å². The Hall–Kier alpha value is -8.18. The van der Waals surface area contributed by atoms with Crippen LogP contribution in [0.4, 0.5) is 4.79 Å². The lowest BCUT2D eigenvalue weighted by Gasteiger charge is -2.33. The second-order valence-corrected chi connectivity index (χ2v) is 28.0. The van der Waals surface area contributed by atoms with E-state index in [0.29, 0.717) is 48.6 Å². The smallest absolute Gasteiger partial charge is 0.370 e. The average Bonchev–Trinajstić information content (AvgIpc) is 1.81. The molecule has 95 heavy (non-hydrogen) atoms. The van der Waals surface area contributed by atoms with Crippen molar-refractivity contribution < 1.29 is 76.4 Å². The van der Waals surface area contributed by atoms with Crippen molar-refractivity contribution in [2.75, 3.05) is 18.8 Å². The van der Waals surface area contributed by atoms with Crippen LogP contribution in [0, 0.1) is 0 Å². The van der Waals surface area contributed by atoms with Crippen molar-refractivity contribution in [2.45, 2.75) is 209 Å². The first-order chi connectivity index (χ1) is 44.8. The van der Waals surface area contributed by atoms with Gasteiger partial charge < -0.3 is 79.3 Å². The molecule has 0 bridgehead atoms. The van der Waals surface area contributed by atoms with E-state index >= 15 is 0 Å². The highest BCUT2D eigenvalue weighted by atomic mass is 32.2. The van der Waals surface area contributed by atoms with Crippen LogP contribution < -0.4 is 64.6 Å². The number of benzene rings is 3. The summed E-state index contributed by atoms with van der Waals surface area (Å²) < 4.78 is 17.5. The lowest BCUT2D eigenvalue weighted by atomic mass is 9.82. The van der Waals surface area contributed by atoms with E-state index in [0.717, 1.165) is 46.8 Å².